The molecule has 4 nitrogen and oxygen atoms in total. The molecule has 0 spiro atoms. The van der Waals surface area contributed by atoms with Crippen molar-refractivity contribution in [1.82, 2.24) is 15.3 Å². The Labute approximate surface area is 166 Å². The highest BCUT2D eigenvalue weighted by Gasteiger charge is 2.44. The van der Waals surface area contributed by atoms with Crippen LogP contribution in [0.25, 0.3) is 10.9 Å². The molecule has 1 aliphatic carbocycles. The second-order valence-corrected chi connectivity index (χ2v) is 7.66. The average molecular weight is 401 g/mol. The number of H-pyrrole nitrogens is 1. The molecule has 2 N–H and O–H groups in total. The number of aromatic amines is 1. The Morgan fingerprint density at radius 2 is 2.10 bits per heavy atom. The third-order valence-electron chi connectivity index (χ3n) is 5.53. The van der Waals surface area contributed by atoms with Crippen LogP contribution in [0.1, 0.15) is 48.5 Å². The molecule has 0 radical (unpaired) electrons. The normalized spacial score (nSPS) is 19.9. The van der Waals surface area contributed by atoms with Crippen LogP contribution in [0.5, 0.6) is 0 Å². The van der Waals surface area contributed by atoms with Gasteiger partial charge in [-0.25, -0.2) is 0 Å². The predicted molar refractivity (Wildman–Crippen MR) is 104 cm³/mol. The van der Waals surface area contributed by atoms with E-state index in [1.807, 2.05) is 31.3 Å². The summed E-state index contributed by atoms with van der Waals surface area (Å²) >= 11 is 0. The smallest absolute Gasteiger partial charge is 0.361 e. The van der Waals surface area contributed by atoms with Gasteiger partial charge in [0.15, 0.2) is 0 Å². The Kier molecular flexibility index (Phi) is 5.06. The number of amides is 1. The molecule has 0 bridgehead atoms. The Balaban J connectivity index is 1.35. The lowest BCUT2D eigenvalue weighted by molar-refractivity contribution is -0.134. The van der Waals surface area contributed by atoms with Crippen LogP contribution in [0.3, 0.4) is 0 Å². The third kappa shape index (κ3) is 4.44. The van der Waals surface area contributed by atoms with Gasteiger partial charge in [0.25, 0.3) is 0 Å². The number of nitrogens with zero attached hydrogens (tertiary/aromatic N) is 1. The maximum Gasteiger partial charge on any atom is 0.389 e. The van der Waals surface area contributed by atoms with Gasteiger partial charge in [0, 0.05) is 41.3 Å². The van der Waals surface area contributed by atoms with Crippen molar-refractivity contribution < 1.29 is 18.0 Å². The maximum absolute atomic E-state index is 12.7. The van der Waals surface area contributed by atoms with E-state index >= 15 is 0 Å². The zero-order valence-electron chi connectivity index (χ0n) is 16.0. The summed E-state index contributed by atoms with van der Waals surface area (Å²) in [5.41, 5.74) is 3.43. The van der Waals surface area contributed by atoms with E-state index in [1.165, 1.54) is 5.56 Å². The Morgan fingerprint density at radius 1 is 1.28 bits per heavy atom. The number of benzene rings is 1. The van der Waals surface area contributed by atoms with Gasteiger partial charge in [-0.05, 0) is 55.0 Å². The van der Waals surface area contributed by atoms with Gasteiger partial charge >= 0.3 is 6.18 Å². The molecule has 152 valence electrons. The number of pyridine rings is 1. The number of halogens is 3. The average Bonchev–Trinajstić information content (AvgIpc) is 3.34. The fourth-order valence-electron chi connectivity index (χ4n) is 3.78. The Hall–Kier alpha value is -2.83. The lowest BCUT2D eigenvalue weighted by Gasteiger charge is -2.15. The number of carbonyl (C=O) groups is 1. The first-order valence-corrected chi connectivity index (χ1v) is 9.70. The molecule has 1 aromatic carbocycles. The fraction of sp³-hybridized carbons (Fsp3) is 0.364. The lowest BCUT2D eigenvalue weighted by atomic mass is 10.0. The molecule has 1 amide bonds. The molecule has 7 heteroatoms. The highest BCUT2D eigenvalue weighted by atomic mass is 19.4. The molecule has 1 fully saturated rings. The van der Waals surface area contributed by atoms with Crippen molar-refractivity contribution in [2.24, 2.45) is 5.92 Å². The molecule has 2 heterocycles. The van der Waals surface area contributed by atoms with Gasteiger partial charge in [0.05, 0.1) is 6.04 Å². The SMILES string of the molecule is CC(NC(=O)C1CC1c1cccc2[nH]ccc12)c1ccc(CCC(F)(F)F)nc1. The number of aromatic nitrogens is 2. The summed E-state index contributed by atoms with van der Waals surface area (Å²) in [4.78, 5) is 20.0. The first-order chi connectivity index (χ1) is 13.8. The molecule has 0 aliphatic heterocycles. The molecular weight excluding hydrogens is 379 g/mol. The number of hydrogen-bond donors (Lipinski definition) is 2. The molecule has 1 aliphatic rings. The van der Waals surface area contributed by atoms with Crippen molar-refractivity contribution in [3.05, 3.63) is 65.6 Å². The van der Waals surface area contributed by atoms with Gasteiger partial charge in [0.1, 0.15) is 0 Å². The molecule has 3 unspecified atom stereocenters. The van der Waals surface area contributed by atoms with E-state index in [9.17, 15) is 18.0 Å². The predicted octanol–water partition coefficient (Wildman–Crippen LogP) is 5.04. The van der Waals surface area contributed by atoms with Gasteiger partial charge in [-0.15, -0.1) is 0 Å². The summed E-state index contributed by atoms with van der Waals surface area (Å²) < 4.78 is 37.0. The number of alkyl halides is 3. The molecule has 3 aromatic rings. The van der Waals surface area contributed by atoms with Gasteiger partial charge in [-0.1, -0.05) is 18.2 Å². The summed E-state index contributed by atoms with van der Waals surface area (Å²) in [7, 11) is 0. The van der Waals surface area contributed by atoms with Crippen molar-refractivity contribution in [3.8, 4) is 0 Å². The van der Waals surface area contributed by atoms with E-state index in [2.05, 4.69) is 21.4 Å². The van der Waals surface area contributed by atoms with Crippen molar-refractivity contribution in [2.45, 2.75) is 44.3 Å². The van der Waals surface area contributed by atoms with E-state index in [0.717, 1.165) is 22.9 Å². The zero-order valence-corrected chi connectivity index (χ0v) is 16.0. The number of carbonyl (C=O) groups excluding carboxylic acids is 1. The molecule has 0 saturated heterocycles. The van der Waals surface area contributed by atoms with E-state index in [4.69, 9.17) is 0 Å². The van der Waals surface area contributed by atoms with Crippen LogP contribution in [-0.4, -0.2) is 22.1 Å². The molecule has 4 rings (SSSR count). The van der Waals surface area contributed by atoms with Crippen LogP contribution in [0, 0.1) is 5.92 Å². The van der Waals surface area contributed by atoms with Crippen LogP contribution >= 0.6 is 0 Å². The van der Waals surface area contributed by atoms with E-state index in [1.54, 1.807) is 18.3 Å². The first kappa shape index (κ1) is 19.5. The van der Waals surface area contributed by atoms with E-state index in [0.29, 0.717) is 5.69 Å². The van der Waals surface area contributed by atoms with Crippen LogP contribution in [0.15, 0.2) is 48.8 Å². The molecular formula is C22H22F3N3O. The highest BCUT2D eigenvalue weighted by molar-refractivity contribution is 5.88. The fourth-order valence-corrected chi connectivity index (χ4v) is 3.78. The summed E-state index contributed by atoms with van der Waals surface area (Å²) in [6, 6.07) is 11.2. The minimum atomic E-state index is -4.19. The van der Waals surface area contributed by atoms with Crippen molar-refractivity contribution in [3.63, 3.8) is 0 Å². The van der Waals surface area contributed by atoms with Crippen LogP contribution in [0.4, 0.5) is 13.2 Å². The second kappa shape index (κ2) is 7.54. The van der Waals surface area contributed by atoms with Crippen LogP contribution in [0.2, 0.25) is 0 Å². The molecule has 1 saturated carbocycles. The van der Waals surface area contributed by atoms with Gasteiger partial charge in [0.2, 0.25) is 5.91 Å². The lowest BCUT2D eigenvalue weighted by Crippen LogP contribution is -2.28. The number of fused-ring (bicyclic) bond motifs is 1. The van der Waals surface area contributed by atoms with Crippen molar-refractivity contribution in [2.75, 3.05) is 0 Å². The number of aryl methyl sites for hydroxylation is 1. The van der Waals surface area contributed by atoms with Gasteiger partial charge in [-0.2, -0.15) is 13.2 Å². The number of nitrogens with one attached hydrogen (secondary N) is 2. The molecule has 29 heavy (non-hydrogen) atoms. The summed E-state index contributed by atoms with van der Waals surface area (Å²) in [5, 5.41) is 4.16. The summed E-state index contributed by atoms with van der Waals surface area (Å²) in [6.07, 6.45) is -0.952. The van der Waals surface area contributed by atoms with Crippen LogP contribution < -0.4 is 5.32 Å². The largest absolute Gasteiger partial charge is 0.389 e. The van der Waals surface area contributed by atoms with Crippen LogP contribution in [-0.2, 0) is 11.2 Å². The third-order valence-corrected chi connectivity index (χ3v) is 5.53. The van der Waals surface area contributed by atoms with E-state index in [-0.39, 0.29) is 30.2 Å². The summed E-state index contributed by atoms with van der Waals surface area (Å²) in [5.74, 6) is 0.151. The minimum Gasteiger partial charge on any atom is -0.361 e. The number of hydrogen-bond acceptors (Lipinski definition) is 2. The number of rotatable bonds is 6. The standard InChI is InChI=1S/C22H22F3N3O/c1-13(14-5-6-15(27-12-14)7-9-22(23,24)25)28-21(29)19-11-18(19)16-3-2-4-20-17(16)8-10-26-20/h2-6,8,10,12-13,18-19,26H,7,9,11H2,1H3,(H,28,29). The second-order valence-electron chi connectivity index (χ2n) is 7.66. The summed E-state index contributed by atoms with van der Waals surface area (Å²) in [6.45, 7) is 1.86. The maximum atomic E-state index is 12.7. The molecule has 3 atom stereocenters. The monoisotopic (exact) mass is 401 g/mol. The zero-order chi connectivity index (χ0) is 20.6. The van der Waals surface area contributed by atoms with Crippen molar-refractivity contribution >= 4 is 16.8 Å². The quantitative estimate of drug-likeness (QED) is 0.608. The van der Waals surface area contributed by atoms with E-state index < -0.39 is 12.6 Å². The topological polar surface area (TPSA) is 57.8 Å². The first-order valence-electron chi connectivity index (χ1n) is 9.70. The minimum absolute atomic E-state index is 0.00353. The van der Waals surface area contributed by atoms with Crippen molar-refractivity contribution in [1.29, 1.82) is 0 Å². The highest BCUT2D eigenvalue weighted by Crippen LogP contribution is 2.49. The Morgan fingerprint density at radius 3 is 2.83 bits per heavy atom. The van der Waals surface area contributed by atoms with Gasteiger partial charge < -0.3 is 10.3 Å². The van der Waals surface area contributed by atoms with Gasteiger partial charge in [-0.3, -0.25) is 9.78 Å². The Bertz CT molecular complexity index is 1010. The molecule has 2 aromatic heterocycles.